The van der Waals surface area contributed by atoms with E-state index in [1.807, 2.05) is 80.9 Å². The van der Waals surface area contributed by atoms with Crippen LogP contribution in [0.3, 0.4) is 0 Å². The van der Waals surface area contributed by atoms with Gasteiger partial charge in [-0.2, -0.15) is 0 Å². The van der Waals surface area contributed by atoms with Gasteiger partial charge < -0.3 is 20.5 Å². The molecule has 0 spiro atoms. The molecule has 0 saturated carbocycles. The van der Waals surface area contributed by atoms with E-state index in [-0.39, 0.29) is 29.7 Å². The van der Waals surface area contributed by atoms with Gasteiger partial charge in [-0.15, -0.1) is 0 Å². The molecule has 4 rings (SSSR count). The number of aromatic nitrogens is 1. The molecular weight excluding hydrogens is 500 g/mol. The monoisotopic (exact) mass is 530 g/mol. The molecule has 1 atom stereocenters. The molecule has 1 unspecified atom stereocenters. The first-order chi connectivity index (χ1) is 18.1. The Morgan fingerprint density at radius 2 is 1.63 bits per heavy atom. The van der Waals surface area contributed by atoms with Crippen molar-refractivity contribution in [3.8, 4) is 0 Å². The van der Waals surface area contributed by atoms with E-state index in [0.717, 1.165) is 22.0 Å². The molecule has 4 aromatic rings. The number of amides is 3. The normalized spacial score (nSPS) is 11.8. The maximum atomic E-state index is 13.1. The second-order valence-electron chi connectivity index (χ2n) is 9.61. The first-order valence-corrected chi connectivity index (χ1v) is 12.8. The average molecular weight is 531 g/mol. The molecular formula is C30H31ClN4O3. The number of aryl methyl sites for hydroxylation is 1. The first-order valence-electron chi connectivity index (χ1n) is 12.5. The highest BCUT2D eigenvalue weighted by molar-refractivity contribution is 6.34. The fraction of sp³-hybridized carbons (Fsp3) is 0.233. The number of nitrogens with one attached hydrogen (secondary N) is 3. The van der Waals surface area contributed by atoms with E-state index in [9.17, 15) is 14.4 Å². The van der Waals surface area contributed by atoms with Crippen LogP contribution in [0, 0.1) is 5.92 Å². The number of nitrogens with zero attached hydrogens (tertiary/aromatic N) is 1. The van der Waals surface area contributed by atoms with Gasteiger partial charge in [0.15, 0.2) is 0 Å². The van der Waals surface area contributed by atoms with Gasteiger partial charge in [-0.25, -0.2) is 0 Å². The number of carbonyl (C=O) groups is 3. The number of benzene rings is 3. The number of fused-ring (bicyclic) bond motifs is 1. The van der Waals surface area contributed by atoms with Gasteiger partial charge >= 0.3 is 0 Å². The SMILES string of the molecule is CC(C)C(=O)NCc1ccc(Cl)c(C(=O)Nc2ccc3c(c2)cc(C(=O)NC(C)c2ccccc2)n3C)c1. The van der Waals surface area contributed by atoms with Crippen molar-refractivity contribution >= 4 is 45.9 Å². The van der Waals surface area contributed by atoms with E-state index in [0.29, 0.717) is 28.5 Å². The Hall–Kier alpha value is -4.10. The predicted octanol–water partition coefficient (Wildman–Crippen LogP) is 5.85. The van der Waals surface area contributed by atoms with Crippen LogP contribution in [-0.4, -0.2) is 22.3 Å². The molecule has 8 heteroatoms. The minimum absolute atomic E-state index is 0.0651. The molecule has 0 fully saturated rings. The number of carbonyl (C=O) groups excluding carboxylic acids is 3. The van der Waals surface area contributed by atoms with Crippen molar-refractivity contribution in [2.75, 3.05) is 5.32 Å². The van der Waals surface area contributed by atoms with Crippen LogP contribution in [0.15, 0.2) is 72.8 Å². The summed E-state index contributed by atoms with van der Waals surface area (Å²) in [5, 5.41) is 9.91. The third kappa shape index (κ3) is 6.06. The van der Waals surface area contributed by atoms with Crippen LogP contribution in [0.25, 0.3) is 10.9 Å². The number of halogens is 1. The summed E-state index contributed by atoms with van der Waals surface area (Å²) in [6, 6.07) is 22.0. The highest BCUT2D eigenvalue weighted by Crippen LogP contribution is 2.25. The van der Waals surface area contributed by atoms with Crippen LogP contribution in [0.5, 0.6) is 0 Å². The Morgan fingerprint density at radius 1 is 0.895 bits per heavy atom. The first kappa shape index (κ1) is 26.9. The number of anilines is 1. The molecule has 1 heterocycles. The van der Waals surface area contributed by atoms with Crippen LogP contribution < -0.4 is 16.0 Å². The minimum atomic E-state index is -0.364. The zero-order valence-electron chi connectivity index (χ0n) is 21.8. The van der Waals surface area contributed by atoms with Gasteiger partial charge in [0.25, 0.3) is 11.8 Å². The Bertz CT molecular complexity index is 1490. The van der Waals surface area contributed by atoms with Crippen molar-refractivity contribution in [1.82, 2.24) is 15.2 Å². The van der Waals surface area contributed by atoms with Crippen LogP contribution in [0.2, 0.25) is 5.02 Å². The molecule has 3 N–H and O–H groups in total. The molecule has 1 aromatic heterocycles. The lowest BCUT2D eigenvalue weighted by atomic mass is 10.1. The highest BCUT2D eigenvalue weighted by atomic mass is 35.5. The lowest BCUT2D eigenvalue weighted by molar-refractivity contribution is -0.124. The Balaban J connectivity index is 1.49. The summed E-state index contributed by atoms with van der Waals surface area (Å²) in [5.41, 5.74) is 4.06. The van der Waals surface area contributed by atoms with E-state index >= 15 is 0 Å². The van der Waals surface area contributed by atoms with E-state index in [1.165, 1.54) is 0 Å². The minimum Gasteiger partial charge on any atom is -0.352 e. The summed E-state index contributed by atoms with van der Waals surface area (Å²) in [6.45, 7) is 5.89. The van der Waals surface area contributed by atoms with Gasteiger partial charge in [0.05, 0.1) is 16.6 Å². The summed E-state index contributed by atoms with van der Waals surface area (Å²) in [4.78, 5) is 38.0. The maximum absolute atomic E-state index is 13.1. The molecule has 0 saturated heterocycles. The van der Waals surface area contributed by atoms with E-state index < -0.39 is 0 Å². The van der Waals surface area contributed by atoms with Crippen LogP contribution in [-0.2, 0) is 18.4 Å². The lowest BCUT2D eigenvalue weighted by Gasteiger charge is -2.14. The quantitative estimate of drug-likeness (QED) is 0.267. The van der Waals surface area contributed by atoms with Gasteiger partial charge in [-0.05, 0) is 54.4 Å². The van der Waals surface area contributed by atoms with Gasteiger partial charge in [-0.3, -0.25) is 14.4 Å². The molecule has 3 amide bonds. The molecule has 0 aliphatic heterocycles. The van der Waals surface area contributed by atoms with Crippen LogP contribution in [0.4, 0.5) is 5.69 Å². The Morgan fingerprint density at radius 3 is 2.34 bits per heavy atom. The summed E-state index contributed by atoms with van der Waals surface area (Å²) in [7, 11) is 1.84. The molecule has 7 nitrogen and oxygen atoms in total. The Kier molecular flexibility index (Phi) is 8.17. The highest BCUT2D eigenvalue weighted by Gasteiger charge is 2.18. The summed E-state index contributed by atoms with van der Waals surface area (Å²) in [5.74, 6) is -0.739. The van der Waals surface area contributed by atoms with Crippen molar-refractivity contribution in [3.63, 3.8) is 0 Å². The van der Waals surface area contributed by atoms with Crippen molar-refractivity contribution in [2.45, 2.75) is 33.4 Å². The maximum Gasteiger partial charge on any atom is 0.268 e. The number of rotatable bonds is 8. The molecule has 0 aliphatic carbocycles. The molecule has 0 aliphatic rings. The summed E-state index contributed by atoms with van der Waals surface area (Å²) >= 11 is 6.31. The van der Waals surface area contributed by atoms with E-state index in [4.69, 9.17) is 11.6 Å². The fourth-order valence-corrected chi connectivity index (χ4v) is 4.39. The lowest BCUT2D eigenvalue weighted by Crippen LogP contribution is -2.28. The zero-order valence-corrected chi connectivity index (χ0v) is 22.6. The van der Waals surface area contributed by atoms with Crippen molar-refractivity contribution in [2.24, 2.45) is 13.0 Å². The predicted molar refractivity (Wildman–Crippen MR) is 151 cm³/mol. The smallest absolute Gasteiger partial charge is 0.268 e. The van der Waals surface area contributed by atoms with Gasteiger partial charge in [-0.1, -0.05) is 61.8 Å². The molecule has 0 radical (unpaired) electrons. The number of hydrogen-bond donors (Lipinski definition) is 3. The standard InChI is InChI=1S/C30H31ClN4O3/c1-18(2)28(36)32-17-20-10-12-25(31)24(14-20)29(37)34-23-11-13-26-22(15-23)16-27(35(26)4)30(38)33-19(3)21-8-6-5-7-9-21/h5-16,18-19H,17H2,1-4H3,(H,32,36)(H,33,38)(H,34,37). The van der Waals surface area contributed by atoms with Crippen molar-refractivity contribution < 1.29 is 14.4 Å². The zero-order chi connectivity index (χ0) is 27.4. The second kappa shape index (κ2) is 11.5. The van der Waals surface area contributed by atoms with Crippen molar-refractivity contribution in [1.29, 1.82) is 0 Å². The van der Waals surface area contributed by atoms with Gasteiger partial charge in [0, 0.05) is 36.1 Å². The van der Waals surface area contributed by atoms with Crippen molar-refractivity contribution in [3.05, 3.63) is 100 Å². The molecule has 38 heavy (non-hydrogen) atoms. The number of hydrogen-bond acceptors (Lipinski definition) is 3. The molecule has 3 aromatic carbocycles. The van der Waals surface area contributed by atoms with E-state index in [2.05, 4.69) is 16.0 Å². The average Bonchev–Trinajstić information content (AvgIpc) is 3.23. The second-order valence-corrected chi connectivity index (χ2v) is 10.0. The summed E-state index contributed by atoms with van der Waals surface area (Å²) in [6.07, 6.45) is 0. The van der Waals surface area contributed by atoms with E-state index in [1.54, 1.807) is 24.3 Å². The fourth-order valence-electron chi connectivity index (χ4n) is 4.19. The topological polar surface area (TPSA) is 92.2 Å². The summed E-state index contributed by atoms with van der Waals surface area (Å²) < 4.78 is 1.83. The molecule has 196 valence electrons. The molecule has 0 bridgehead atoms. The third-order valence-corrected chi connectivity index (χ3v) is 6.78. The van der Waals surface area contributed by atoms with Gasteiger partial charge in [0.1, 0.15) is 5.69 Å². The van der Waals surface area contributed by atoms with Crippen LogP contribution in [0.1, 0.15) is 58.8 Å². The van der Waals surface area contributed by atoms with Crippen LogP contribution >= 0.6 is 11.6 Å². The third-order valence-electron chi connectivity index (χ3n) is 6.45. The van der Waals surface area contributed by atoms with Gasteiger partial charge in [0.2, 0.25) is 5.91 Å². The Labute approximate surface area is 227 Å². The largest absolute Gasteiger partial charge is 0.352 e.